The highest BCUT2D eigenvalue weighted by atomic mass is 35.5. The number of benzene rings is 1. The molecule has 1 fully saturated rings. The quantitative estimate of drug-likeness (QED) is 0.834. The van der Waals surface area contributed by atoms with Crippen molar-refractivity contribution in [2.45, 2.75) is 6.42 Å². The van der Waals surface area contributed by atoms with Crippen LogP contribution in [-0.2, 0) is 0 Å². The van der Waals surface area contributed by atoms with Crippen LogP contribution in [0.1, 0.15) is 26.5 Å². The van der Waals surface area contributed by atoms with E-state index in [4.69, 9.17) is 11.6 Å². The Bertz CT molecular complexity index is 702. The van der Waals surface area contributed by atoms with Crippen LogP contribution in [0.3, 0.4) is 0 Å². The summed E-state index contributed by atoms with van der Waals surface area (Å²) in [6.07, 6.45) is 0.771. The molecule has 3 rings (SSSR count). The standard InChI is InChI=1S/C17H17ClN2O2S/c18-14-6-2-1-5-13(14)16(21)19-8-4-9-20(11-10-19)17(22)15-7-3-12-23-15/h1-3,5-7,12H,4,8-11H2. The molecule has 2 amide bonds. The maximum Gasteiger partial charge on any atom is 0.263 e. The molecule has 0 saturated carbocycles. The molecule has 120 valence electrons. The molecule has 0 atom stereocenters. The average Bonchev–Trinajstić information content (AvgIpc) is 2.98. The van der Waals surface area contributed by atoms with Crippen molar-refractivity contribution < 1.29 is 9.59 Å². The Morgan fingerprint density at radius 3 is 2.26 bits per heavy atom. The first-order valence-corrected chi connectivity index (χ1v) is 8.79. The average molecular weight is 349 g/mol. The van der Waals surface area contributed by atoms with Gasteiger partial charge in [0.05, 0.1) is 15.5 Å². The summed E-state index contributed by atoms with van der Waals surface area (Å²) in [6.45, 7) is 2.38. The summed E-state index contributed by atoms with van der Waals surface area (Å²) in [6, 6.07) is 10.8. The molecule has 0 bridgehead atoms. The summed E-state index contributed by atoms with van der Waals surface area (Å²) >= 11 is 7.56. The summed E-state index contributed by atoms with van der Waals surface area (Å²) in [5.74, 6) is -0.0203. The Hall–Kier alpha value is -1.85. The third kappa shape index (κ3) is 3.57. The summed E-state index contributed by atoms with van der Waals surface area (Å²) < 4.78 is 0. The van der Waals surface area contributed by atoms with Crippen molar-refractivity contribution >= 4 is 34.8 Å². The van der Waals surface area contributed by atoms with Gasteiger partial charge >= 0.3 is 0 Å². The fourth-order valence-electron chi connectivity index (χ4n) is 2.68. The number of nitrogens with zero attached hydrogens (tertiary/aromatic N) is 2. The van der Waals surface area contributed by atoms with Gasteiger partial charge < -0.3 is 9.80 Å². The van der Waals surface area contributed by atoms with Crippen molar-refractivity contribution in [3.63, 3.8) is 0 Å². The second-order valence-electron chi connectivity index (χ2n) is 5.40. The monoisotopic (exact) mass is 348 g/mol. The molecule has 1 aromatic heterocycles. The first-order chi connectivity index (χ1) is 11.2. The van der Waals surface area contributed by atoms with E-state index in [0.717, 1.165) is 11.3 Å². The van der Waals surface area contributed by atoms with Crippen molar-refractivity contribution in [2.24, 2.45) is 0 Å². The molecule has 0 radical (unpaired) electrons. The topological polar surface area (TPSA) is 40.6 Å². The van der Waals surface area contributed by atoms with E-state index in [9.17, 15) is 9.59 Å². The fraction of sp³-hybridized carbons (Fsp3) is 0.294. The highest BCUT2D eigenvalue weighted by Gasteiger charge is 2.24. The zero-order chi connectivity index (χ0) is 16.2. The van der Waals surface area contributed by atoms with Gasteiger partial charge in [0.1, 0.15) is 0 Å². The minimum atomic E-state index is -0.0685. The molecule has 0 aliphatic carbocycles. The van der Waals surface area contributed by atoms with Gasteiger partial charge in [0, 0.05) is 26.2 Å². The van der Waals surface area contributed by atoms with Crippen LogP contribution < -0.4 is 0 Å². The van der Waals surface area contributed by atoms with Crippen molar-refractivity contribution in [1.29, 1.82) is 0 Å². The smallest absolute Gasteiger partial charge is 0.263 e. The Kier molecular flexibility index (Phi) is 4.98. The van der Waals surface area contributed by atoms with E-state index in [2.05, 4.69) is 0 Å². The van der Waals surface area contributed by atoms with Gasteiger partial charge in [-0.15, -0.1) is 11.3 Å². The van der Waals surface area contributed by atoms with Crippen LogP contribution in [0.2, 0.25) is 5.02 Å². The Labute approximate surface area is 144 Å². The van der Waals surface area contributed by atoms with Crippen LogP contribution in [0, 0.1) is 0 Å². The highest BCUT2D eigenvalue weighted by Crippen LogP contribution is 2.19. The van der Waals surface area contributed by atoms with Gasteiger partial charge in [-0.2, -0.15) is 0 Å². The maximum atomic E-state index is 12.6. The molecule has 0 unspecified atom stereocenters. The van der Waals surface area contributed by atoms with Gasteiger partial charge in [-0.25, -0.2) is 0 Å². The van der Waals surface area contributed by atoms with Gasteiger partial charge in [-0.05, 0) is 30.0 Å². The molecule has 1 aliphatic rings. The van der Waals surface area contributed by atoms with E-state index in [1.54, 1.807) is 17.0 Å². The van der Waals surface area contributed by atoms with Crippen LogP contribution in [-0.4, -0.2) is 47.8 Å². The molecular weight excluding hydrogens is 332 g/mol. The Balaban J connectivity index is 1.68. The lowest BCUT2D eigenvalue weighted by atomic mass is 10.2. The number of rotatable bonds is 2. The highest BCUT2D eigenvalue weighted by molar-refractivity contribution is 7.12. The summed E-state index contributed by atoms with van der Waals surface area (Å²) in [5.41, 5.74) is 0.521. The van der Waals surface area contributed by atoms with Gasteiger partial charge in [0.15, 0.2) is 0 Å². The number of amides is 2. The number of halogens is 1. The van der Waals surface area contributed by atoms with E-state index in [-0.39, 0.29) is 11.8 Å². The van der Waals surface area contributed by atoms with Gasteiger partial charge in [0.2, 0.25) is 0 Å². The SMILES string of the molecule is O=C(c1cccs1)N1CCCN(C(=O)c2ccccc2Cl)CC1. The van der Waals surface area contributed by atoms with Crippen LogP contribution in [0.15, 0.2) is 41.8 Å². The minimum absolute atomic E-state index is 0.0482. The van der Waals surface area contributed by atoms with Crippen LogP contribution in [0.4, 0.5) is 0 Å². The largest absolute Gasteiger partial charge is 0.337 e. The lowest BCUT2D eigenvalue weighted by Gasteiger charge is -2.22. The summed E-state index contributed by atoms with van der Waals surface area (Å²) in [5, 5.41) is 2.37. The molecule has 1 saturated heterocycles. The number of carbonyl (C=O) groups excluding carboxylic acids is 2. The van der Waals surface area contributed by atoms with Crippen molar-refractivity contribution in [2.75, 3.05) is 26.2 Å². The Morgan fingerprint density at radius 2 is 1.61 bits per heavy atom. The number of hydrogen-bond donors (Lipinski definition) is 0. The van der Waals surface area contributed by atoms with E-state index < -0.39 is 0 Å². The van der Waals surface area contributed by atoms with E-state index in [1.807, 2.05) is 34.5 Å². The van der Waals surface area contributed by atoms with E-state index in [1.165, 1.54) is 11.3 Å². The van der Waals surface area contributed by atoms with Crippen molar-refractivity contribution in [3.8, 4) is 0 Å². The molecule has 1 aliphatic heterocycles. The lowest BCUT2D eigenvalue weighted by molar-refractivity contribution is 0.0721. The van der Waals surface area contributed by atoms with Crippen LogP contribution in [0.5, 0.6) is 0 Å². The third-order valence-electron chi connectivity index (χ3n) is 3.91. The maximum absolute atomic E-state index is 12.6. The Morgan fingerprint density at radius 1 is 0.913 bits per heavy atom. The minimum Gasteiger partial charge on any atom is -0.337 e. The van der Waals surface area contributed by atoms with E-state index in [0.29, 0.717) is 36.8 Å². The van der Waals surface area contributed by atoms with Gasteiger partial charge in [-0.1, -0.05) is 29.8 Å². The molecule has 0 N–H and O–H groups in total. The molecule has 2 aromatic rings. The molecule has 4 nitrogen and oxygen atoms in total. The van der Waals surface area contributed by atoms with Crippen molar-refractivity contribution in [3.05, 3.63) is 57.2 Å². The molecular formula is C17H17ClN2O2S. The molecule has 1 aromatic carbocycles. The van der Waals surface area contributed by atoms with Crippen LogP contribution >= 0.6 is 22.9 Å². The molecule has 0 spiro atoms. The second-order valence-corrected chi connectivity index (χ2v) is 6.75. The molecule has 6 heteroatoms. The normalized spacial score (nSPS) is 15.3. The predicted octanol–water partition coefficient (Wildman–Crippen LogP) is 3.39. The number of hydrogen-bond acceptors (Lipinski definition) is 3. The summed E-state index contributed by atoms with van der Waals surface area (Å²) in [4.78, 5) is 29.4. The zero-order valence-electron chi connectivity index (χ0n) is 12.6. The molecule has 23 heavy (non-hydrogen) atoms. The predicted molar refractivity (Wildman–Crippen MR) is 92.2 cm³/mol. The third-order valence-corrected chi connectivity index (χ3v) is 5.09. The lowest BCUT2D eigenvalue weighted by Crippen LogP contribution is -2.37. The first kappa shape index (κ1) is 16.0. The first-order valence-electron chi connectivity index (χ1n) is 7.53. The number of carbonyl (C=O) groups is 2. The number of thiophene rings is 1. The second kappa shape index (κ2) is 7.15. The van der Waals surface area contributed by atoms with Crippen molar-refractivity contribution in [1.82, 2.24) is 9.80 Å². The molecule has 2 heterocycles. The zero-order valence-corrected chi connectivity index (χ0v) is 14.1. The summed E-state index contributed by atoms with van der Waals surface area (Å²) in [7, 11) is 0. The fourth-order valence-corrected chi connectivity index (χ4v) is 3.59. The van der Waals surface area contributed by atoms with Gasteiger partial charge in [-0.3, -0.25) is 9.59 Å². The van der Waals surface area contributed by atoms with E-state index >= 15 is 0 Å². The van der Waals surface area contributed by atoms with Crippen LogP contribution in [0.25, 0.3) is 0 Å². The van der Waals surface area contributed by atoms with Gasteiger partial charge in [0.25, 0.3) is 11.8 Å².